The molecule has 0 unspecified atom stereocenters. The van der Waals surface area contributed by atoms with E-state index in [2.05, 4.69) is 0 Å². The van der Waals surface area contributed by atoms with E-state index in [-0.39, 0.29) is 17.5 Å². The molecule has 8 heteroatoms. The van der Waals surface area contributed by atoms with Gasteiger partial charge in [0.2, 0.25) is 0 Å². The Morgan fingerprint density at radius 2 is 1.77 bits per heavy atom. The van der Waals surface area contributed by atoms with E-state index in [1.165, 1.54) is 0 Å². The molecule has 0 spiro atoms. The van der Waals surface area contributed by atoms with Crippen molar-refractivity contribution in [2.45, 2.75) is 38.6 Å². The second-order valence-electron chi connectivity index (χ2n) is 6.73. The van der Waals surface area contributed by atoms with E-state index < -0.39 is 41.8 Å². The molecule has 1 aromatic rings. The van der Waals surface area contributed by atoms with Crippen LogP contribution in [0.4, 0.5) is 13.6 Å². The summed E-state index contributed by atoms with van der Waals surface area (Å²) in [7, 11) is 0. The van der Waals surface area contributed by atoms with Gasteiger partial charge in [0.1, 0.15) is 0 Å². The van der Waals surface area contributed by atoms with Crippen LogP contribution >= 0.6 is 0 Å². The number of imide groups is 2. The SMILES string of the molecule is C[C@H]1CCCC[C@H]1N1C(=O)C(=O)N(CC(=O)c2ccc(F)c(F)c2)C1=O. The minimum atomic E-state index is -1.20. The van der Waals surface area contributed by atoms with Gasteiger partial charge in [0, 0.05) is 11.6 Å². The number of rotatable bonds is 4. The van der Waals surface area contributed by atoms with E-state index in [0.717, 1.165) is 36.3 Å². The molecule has 1 heterocycles. The van der Waals surface area contributed by atoms with Crippen LogP contribution in [0.1, 0.15) is 43.0 Å². The summed E-state index contributed by atoms with van der Waals surface area (Å²) in [5, 5.41) is 0. The van der Waals surface area contributed by atoms with E-state index in [0.29, 0.717) is 17.4 Å². The number of Topliss-reactive ketones (excluding diaryl/α,β-unsaturated/α-hetero) is 1. The molecule has 0 bridgehead atoms. The highest BCUT2D eigenvalue weighted by Crippen LogP contribution is 2.31. The second kappa shape index (κ2) is 6.93. The van der Waals surface area contributed by atoms with Crippen molar-refractivity contribution in [3.05, 3.63) is 35.4 Å². The zero-order valence-corrected chi connectivity index (χ0v) is 14.2. The van der Waals surface area contributed by atoms with Crippen molar-refractivity contribution in [2.24, 2.45) is 5.92 Å². The summed E-state index contributed by atoms with van der Waals surface area (Å²) in [5.74, 6) is -5.00. The van der Waals surface area contributed by atoms with E-state index in [1.54, 1.807) is 0 Å². The van der Waals surface area contributed by atoms with Crippen LogP contribution in [0.15, 0.2) is 18.2 Å². The summed E-state index contributed by atoms with van der Waals surface area (Å²) in [6.07, 6.45) is 3.33. The van der Waals surface area contributed by atoms with Gasteiger partial charge in [0.05, 0.1) is 6.54 Å². The maximum absolute atomic E-state index is 13.3. The van der Waals surface area contributed by atoms with E-state index in [4.69, 9.17) is 0 Å². The average Bonchev–Trinajstić information content (AvgIpc) is 2.81. The largest absolute Gasteiger partial charge is 0.334 e. The first-order chi connectivity index (χ1) is 12.3. The highest BCUT2D eigenvalue weighted by molar-refractivity contribution is 6.45. The van der Waals surface area contributed by atoms with Gasteiger partial charge in [-0.05, 0) is 37.0 Å². The molecule has 4 amide bonds. The molecule has 1 aliphatic heterocycles. The van der Waals surface area contributed by atoms with E-state index in [9.17, 15) is 28.0 Å². The molecule has 26 heavy (non-hydrogen) atoms. The number of benzene rings is 1. The predicted molar refractivity (Wildman–Crippen MR) is 86.1 cm³/mol. The first-order valence-corrected chi connectivity index (χ1v) is 8.48. The Labute approximate surface area is 148 Å². The zero-order chi connectivity index (χ0) is 19.0. The maximum Gasteiger partial charge on any atom is 0.334 e. The third kappa shape index (κ3) is 3.11. The normalized spacial score (nSPS) is 23.7. The monoisotopic (exact) mass is 364 g/mol. The van der Waals surface area contributed by atoms with Crippen LogP contribution in [-0.4, -0.2) is 46.0 Å². The van der Waals surface area contributed by atoms with Gasteiger partial charge >= 0.3 is 17.8 Å². The maximum atomic E-state index is 13.3. The van der Waals surface area contributed by atoms with Gasteiger partial charge in [-0.3, -0.25) is 19.3 Å². The first-order valence-electron chi connectivity index (χ1n) is 8.48. The third-order valence-corrected chi connectivity index (χ3v) is 5.03. The van der Waals surface area contributed by atoms with Gasteiger partial charge in [-0.2, -0.15) is 0 Å². The van der Waals surface area contributed by atoms with Crippen LogP contribution in [0.25, 0.3) is 0 Å². The predicted octanol–water partition coefficient (Wildman–Crippen LogP) is 2.52. The number of carbonyl (C=O) groups excluding carboxylic acids is 4. The molecule has 3 rings (SSSR count). The molecule has 0 N–H and O–H groups in total. The molecule has 138 valence electrons. The molecule has 6 nitrogen and oxygen atoms in total. The second-order valence-corrected chi connectivity index (χ2v) is 6.73. The number of nitrogens with zero attached hydrogens (tertiary/aromatic N) is 2. The third-order valence-electron chi connectivity index (χ3n) is 5.03. The quantitative estimate of drug-likeness (QED) is 0.467. The first kappa shape index (κ1) is 18.2. The molecule has 2 aliphatic rings. The Balaban J connectivity index is 1.78. The van der Waals surface area contributed by atoms with E-state index >= 15 is 0 Å². The molecule has 0 radical (unpaired) electrons. The lowest BCUT2D eigenvalue weighted by molar-refractivity contribution is -0.144. The van der Waals surface area contributed by atoms with Crippen LogP contribution in [-0.2, 0) is 9.59 Å². The number of amides is 4. The fraction of sp³-hybridized carbons (Fsp3) is 0.444. The number of halogens is 2. The summed E-state index contributed by atoms with van der Waals surface area (Å²) in [4.78, 5) is 50.8. The van der Waals surface area contributed by atoms with Crippen molar-refractivity contribution in [3.63, 3.8) is 0 Å². The summed E-state index contributed by atoms with van der Waals surface area (Å²) >= 11 is 0. The van der Waals surface area contributed by atoms with Crippen molar-refractivity contribution >= 4 is 23.6 Å². The summed E-state index contributed by atoms with van der Waals surface area (Å²) in [6.45, 7) is 1.23. The van der Waals surface area contributed by atoms with Gasteiger partial charge in [-0.1, -0.05) is 19.8 Å². The standard InChI is InChI=1S/C18H18F2N2O4/c1-10-4-2-3-5-14(10)22-17(25)16(24)21(18(22)26)9-15(23)11-6-7-12(19)13(20)8-11/h6-8,10,14H,2-5,9H2,1H3/t10-,14+/m0/s1. The van der Waals surface area contributed by atoms with Crippen molar-refractivity contribution < 1.29 is 28.0 Å². The van der Waals surface area contributed by atoms with Crippen LogP contribution in [0, 0.1) is 17.6 Å². The minimum Gasteiger partial charge on any atom is -0.292 e. The molecule has 1 saturated carbocycles. The smallest absolute Gasteiger partial charge is 0.292 e. The van der Waals surface area contributed by atoms with Crippen LogP contribution in [0.2, 0.25) is 0 Å². The summed E-state index contributed by atoms with van der Waals surface area (Å²) < 4.78 is 26.3. The molecule has 1 aromatic carbocycles. The molecular weight excluding hydrogens is 346 g/mol. The highest BCUT2D eigenvalue weighted by Gasteiger charge is 2.49. The fourth-order valence-corrected chi connectivity index (χ4v) is 3.54. The van der Waals surface area contributed by atoms with Crippen LogP contribution in [0.3, 0.4) is 0 Å². The molecule has 2 fully saturated rings. The van der Waals surface area contributed by atoms with Crippen LogP contribution in [0.5, 0.6) is 0 Å². The highest BCUT2D eigenvalue weighted by atomic mass is 19.2. The molecule has 1 saturated heterocycles. The Morgan fingerprint density at radius 1 is 1.08 bits per heavy atom. The van der Waals surface area contributed by atoms with Crippen LogP contribution < -0.4 is 0 Å². The van der Waals surface area contributed by atoms with Gasteiger partial charge < -0.3 is 0 Å². The lowest BCUT2D eigenvalue weighted by atomic mass is 9.85. The topological polar surface area (TPSA) is 74.8 Å². The number of hydrogen-bond acceptors (Lipinski definition) is 4. The number of ketones is 1. The van der Waals surface area contributed by atoms with E-state index in [1.807, 2.05) is 6.92 Å². The Morgan fingerprint density at radius 3 is 2.42 bits per heavy atom. The Bertz CT molecular complexity index is 795. The lowest BCUT2D eigenvalue weighted by Gasteiger charge is -2.34. The van der Waals surface area contributed by atoms with Crippen molar-refractivity contribution in [3.8, 4) is 0 Å². The molecule has 0 aromatic heterocycles. The molecular formula is C18H18F2N2O4. The lowest BCUT2D eigenvalue weighted by Crippen LogP contribution is -2.46. The van der Waals surface area contributed by atoms with Gasteiger partial charge in [0.15, 0.2) is 17.4 Å². The molecule has 1 aliphatic carbocycles. The van der Waals surface area contributed by atoms with Gasteiger partial charge in [-0.25, -0.2) is 18.5 Å². The Hall–Kier alpha value is -2.64. The van der Waals surface area contributed by atoms with Gasteiger partial charge in [-0.15, -0.1) is 0 Å². The number of urea groups is 1. The van der Waals surface area contributed by atoms with Gasteiger partial charge in [0.25, 0.3) is 0 Å². The minimum absolute atomic E-state index is 0.0753. The summed E-state index contributed by atoms with van der Waals surface area (Å²) in [6, 6.07) is 1.36. The van der Waals surface area contributed by atoms with Crippen molar-refractivity contribution in [1.82, 2.24) is 9.80 Å². The van der Waals surface area contributed by atoms with Crippen molar-refractivity contribution in [2.75, 3.05) is 6.54 Å². The number of carbonyl (C=O) groups is 4. The van der Waals surface area contributed by atoms with Crippen molar-refractivity contribution in [1.29, 1.82) is 0 Å². The molecule has 2 atom stereocenters. The average molecular weight is 364 g/mol. The zero-order valence-electron chi connectivity index (χ0n) is 14.2. The fourth-order valence-electron chi connectivity index (χ4n) is 3.54. The Kier molecular flexibility index (Phi) is 4.84. The summed E-state index contributed by atoms with van der Waals surface area (Å²) in [5.41, 5.74) is -0.179. The number of hydrogen-bond donors (Lipinski definition) is 0.